The summed E-state index contributed by atoms with van der Waals surface area (Å²) in [6.45, 7) is 2.93. The predicted molar refractivity (Wildman–Crippen MR) is 64.9 cm³/mol. The van der Waals surface area contributed by atoms with Gasteiger partial charge in [-0.2, -0.15) is 0 Å². The van der Waals surface area contributed by atoms with Crippen LogP contribution in [0.2, 0.25) is 0 Å². The number of rotatable bonds is 3. The highest BCUT2D eigenvalue weighted by Crippen LogP contribution is 2.36. The van der Waals surface area contributed by atoms with Gasteiger partial charge < -0.3 is 16.8 Å². The topological polar surface area (TPSA) is 81.1 Å². The molecule has 86 valence electrons. The van der Waals surface area contributed by atoms with E-state index in [0.717, 1.165) is 12.5 Å². The summed E-state index contributed by atoms with van der Waals surface area (Å²) in [6.07, 6.45) is 1.21. The molecule has 0 heterocycles. The molecule has 0 saturated heterocycles. The third-order valence-electron chi connectivity index (χ3n) is 3.04. The Morgan fingerprint density at radius 3 is 2.44 bits per heavy atom. The lowest BCUT2D eigenvalue weighted by Crippen LogP contribution is -2.26. The van der Waals surface area contributed by atoms with Crippen molar-refractivity contribution in [2.24, 2.45) is 11.8 Å². The molecule has 1 amide bonds. The number of nitrogen functional groups attached to an aromatic ring is 2. The van der Waals surface area contributed by atoms with E-state index in [1.54, 1.807) is 18.2 Å². The molecule has 4 nitrogen and oxygen atoms in total. The van der Waals surface area contributed by atoms with Crippen LogP contribution in [0.5, 0.6) is 0 Å². The molecule has 0 aromatic heterocycles. The molecule has 2 rings (SSSR count). The minimum Gasteiger partial charge on any atom is -0.399 e. The Balaban J connectivity index is 1.97. The van der Waals surface area contributed by atoms with Gasteiger partial charge in [0, 0.05) is 23.5 Å². The van der Waals surface area contributed by atoms with Crippen LogP contribution in [0.25, 0.3) is 0 Å². The third-order valence-corrected chi connectivity index (χ3v) is 3.04. The van der Waals surface area contributed by atoms with E-state index in [-0.39, 0.29) is 5.91 Å². The standard InChI is InChI=1S/C12H17N3O/c1-7-2-9(7)6-15-12(16)8-3-10(13)5-11(14)4-8/h3-5,7,9H,2,6,13-14H2,1H3,(H,15,16). The van der Waals surface area contributed by atoms with E-state index in [4.69, 9.17) is 11.5 Å². The maximum Gasteiger partial charge on any atom is 0.251 e. The molecule has 5 N–H and O–H groups in total. The third kappa shape index (κ3) is 2.45. The van der Waals surface area contributed by atoms with Crippen LogP contribution in [0.3, 0.4) is 0 Å². The van der Waals surface area contributed by atoms with Gasteiger partial charge in [0.25, 0.3) is 5.91 Å². The summed E-state index contributed by atoms with van der Waals surface area (Å²) in [6, 6.07) is 4.92. The zero-order valence-electron chi connectivity index (χ0n) is 9.36. The molecule has 0 aliphatic heterocycles. The molecular formula is C12H17N3O. The van der Waals surface area contributed by atoms with Gasteiger partial charge in [0.2, 0.25) is 0 Å². The number of benzene rings is 1. The van der Waals surface area contributed by atoms with Gasteiger partial charge >= 0.3 is 0 Å². The van der Waals surface area contributed by atoms with Gasteiger partial charge in [0.05, 0.1) is 0 Å². The van der Waals surface area contributed by atoms with Gasteiger partial charge in [-0.3, -0.25) is 4.79 Å². The Bertz CT molecular complexity index is 396. The van der Waals surface area contributed by atoms with Crippen molar-refractivity contribution in [1.29, 1.82) is 0 Å². The van der Waals surface area contributed by atoms with Crippen molar-refractivity contribution in [2.75, 3.05) is 18.0 Å². The molecule has 0 bridgehead atoms. The number of carbonyl (C=O) groups excluding carboxylic acids is 1. The first-order valence-corrected chi connectivity index (χ1v) is 5.50. The lowest BCUT2D eigenvalue weighted by atomic mass is 10.1. The quantitative estimate of drug-likeness (QED) is 0.669. The molecule has 0 spiro atoms. The van der Waals surface area contributed by atoms with E-state index >= 15 is 0 Å². The Morgan fingerprint density at radius 2 is 1.94 bits per heavy atom. The highest BCUT2D eigenvalue weighted by atomic mass is 16.1. The second kappa shape index (κ2) is 4.04. The number of hydrogen-bond acceptors (Lipinski definition) is 3. The van der Waals surface area contributed by atoms with Crippen LogP contribution in [-0.4, -0.2) is 12.5 Å². The van der Waals surface area contributed by atoms with E-state index < -0.39 is 0 Å². The Hall–Kier alpha value is -1.71. The molecule has 16 heavy (non-hydrogen) atoms. The smallest absolute Gasteiger partial charge is 0.251 e. The van der Waals surface area contributed by atoms with Crippen molar-refractivity contribution in [3.05, 3.63) is 23.8 Å². The zero-order chi connectivity index (χ0) is 11.7. The molecule has 1 aromatic rings. The SMILES string of the molecule is CC1CC1CNC(=O)c1cc(N)cc(N)c1. The Kier molecular flexibility index (Phi) is 2.73. The van der Waals surface area contributed by atoms with Crippen LogP contribution >= 0.6 is 0 Å². The molecule has 0 radical (unpaired) electrons. The summed E-state index contributed by atoms with van der Waals surface area (Å²) in [4.78, 5) is 11.8. The highest BCUT2D eigenvalue weighted by molar-refractivity contribution is 5.96. The average Bonchev–Trinajstić information content (AvgIpc) is 2.89. The van der Waals surface area contributed by atoms with Gasteiger partial charge in [0.15, 0.2) is 0 Å². The van der Waals surface area contributed by atoms with Crippen molar-refractivity contribution in [3.8, 4) is 0 Å². The second-order valence-corrected chi connectivity index (χ2v) is 4.57. The summed E-state index contributed by atoms with van der Waals surface area (Å²) in [5.74, 6) is 1.28. The largest absolute Gasteiger partial charge is 0.399 e. The van der Waals surface area contributed by atoms with Crippen molar-refractivity contribution in [2.45, 2.75) is 13.3 Å². The van der Waals surface area contributed by atoms with Crippen LogP contribution < -0.4 is 16.8 Å². The Morgan fingerprint density at radius 1 is 1.38 bits per heavy atom. The normalized spacial score (nSPS) is 22.8. The first-order valence-electron chi connectivity index (χ1n) is 5.50. The molecule has 2 unspecified atom stereocenters. The maximum atomic E-state index is 11.8. The minimum absolute atomic E-state index is 0.0990. The first-order chi connectivity index (χ1) is 7.56. The summed E-state index contributed by atoms with van der Waals surface area (Å²) in [5.41, 5.74) is 12.8. The highest BCUT2D eigenvalue weighted by Gasteiger charge is 2.32. The summed E-state index contributed by atoms with van der Waals surface area (Å²) in [5, 5.41) is 2.90. The van der Waals surface area contributed by atoms with Gasteiger partial charge in [0.1, 0.15) is 0 Å². The maximum absolute atomic E-state index is 11.8. The van der Waals surface area contributed by atoms with Crippen LogP contribution in [0.4, 0.5) is 11.4 Å². The number of hydrogen-bond donors (Lipinski definition) is 3. The van der Waals surface area contributed by atoms with Crippen molar-refractivity contribution >= 4 is 17.3 Å². The zero-order valence-corrected chi connectivity index (χ0v) is 9.36. The van der Waals surface area contributed by atoms with E-state index in [2.05, 4.69) is 12.2 Å². The van der Waals surface area contributed by atoms with E-state index in [9.17, 15) is 4.79 Å². The molecule has 4 heteroatoms. The fourth-order valence-corrected chi connectivity index (χ4v) is 1.82. The molecule has 1 fully saturated rings. The monoisotopic (exact) mass is 219 g/mol. The average molecular weight is 219 g/mol. The molecule has 1 aliphatic carbocycles. The number of amides is 1. The summed E-state index contributed by atoms with van der Waals surface area (Å²) in [7, 11) is 0. The van der Waals surface area contributed by atoms with E-state index in [0.29, 0.717) is 22.9 Å². The molecule has 1 saturated carbocycles. The van der Waals surface area contributed by atoms with Gasteiger partial charge in [-0.15, -0.1) is 0 Å². The van der Waals surface area contributed by atoms with Gasteiger partial charge in [-0.1, -0.05) is 6.92 Å². The van der Waals surface area contributed by atoms with E-state index in [1.807, 2.05) is 0 Å². The second-order valence-electron chi connectivity index (χ2n) is 4.57. The fraction of sp³-hybridized carbons (Fsp3) is 0.417. The van der Waals surface area contributed by atoms with Crippen LogP contribution in [0.1, 0.15) is 23.7 Å². The lowest BCUT2D eigenvalue weighted by Gasteiger charge is -2.06. The summed E-state index contributed by atoms with van der Waals surface area (Å²) < 4.78 is 0. The number of nitrogens with one attached hydrogen (secondary N) is 1. The molecule has 2 atom stereocenters. The number of carbonyl (C=O) groups is 1. The molecular weight excluding hydrogens is 202 g/mol. The van der Waals surface area contributed by atoms with Crippen molar-refractivity contribution < 1.29 is 4.79 Å². The van der Waals surface area contributed by atoms with Gasteiger partial charge in [-0.25, -0.2) is 0 Å². The van der Waals surface area contributed by atoms with E-state index in [1.165, 1.54) is 6.42 Å². The number of nitrogens with two attached hydrogens (primary N) is 2. The predicted octanol–water partition coefficient (Wildman–Crippen LogP) is 1.24. The molecule has 1 aliphatic rings. The fourth-order valence-electron chi connectivity index (χ4n) is 1.82. The first kappa shape index (κ1) is 10.8. The number of anilines is 2. The van der Waals surface area contributed by atoms with Crippen molar-refractivity contribution in [3.63, 3.8) is 0 Å². The summed E-state index contributed by atoms with van der Waals surface area (Å²) >= 11 is 0. The van der Waals surface area contributed by atoms with Crippen molar-refractivity contribution in [1.82, 2.24) is 5.32 Å². The van der Waals surface area contributed by atoms with Crippen LogP contribution in [-0.2, 0) is 0 Å². The van der Waals surface area contributed by atoms with Gasteiger partial charge in [-0.05, 0) is 36.5 Å². The molecule has 1 aromatic carbocycles. The van der Waals surface area contributed by atoms with Crippen LogP contribution in [0.15, 0.2) is 18.2 Å². The Labute approximate surface area is 95.0 Å². The van der Waals surface area contributed by atoms with Crippen LogP contribution in [0, 0.1) is 11.8 Å². The minimum atomic E-state index is -0.0990. The lowest BCUT2D eigenvalue weighted by molar-refractivity contribution is 0.0951.